The van der Waals surface area contributed by atoms with E-state index in [1.165, 1.54) is 7.11 Å². The van der Waals surface area contributed by atoms with E-state index in [-0.39, 0.29) is 19.6 Å². The van der Waals surface area contributed by atoms with Gasteiger partial charge in [-0.15, -0.1) is 0 Å². The van der Waals surface area contributed by atoms with Crippen molar-refractivity contribution in [1.82, 2.24) is 10.6 Å². The molecule has 0 aliphatic heterocycles. The minimum Gasteiger partial charge on any atom is -0.467 e. The van der Waals surface area contributed by atoms with Crippen LogP contribution in [0.4, 0.5) is 9.59 Å². The lowest BCUT2D eigenvalue weighted by atomic mass is 10.2. The molecule has 0 unspecified atom stereocenters. The van der Waals surface area contributed by atoms with Gasteiger partial charge in [-0.3, -0.25) is 0 Å². The van der Waals surface area contributed by atoms with Gasteiger partial charge in [0, 0.05) is 26.2 Å². The van der Waals surface area contributed by atoms with Crippen LogP contribution in [0, 0.1) is 0 Å². The summed E-state index contributed by atoms with van der Waals surface area (Å²) in [7, 11) is 1.25. The van der Waals surface area contributed by atoms with Crippen molar-refractivity contribution in [2.24, 2.45) is 0 Å². The predicted octanol–water partition coefficient (Wildman–Crippen LogP) is 2.78. The van der Waals surface area contributed by atoms with Crippen molar-refractivity contribution in [3.8, 4) is 0 Å². The fraction of sp³-hybridized carbons (Fsp3) is 0.571. The number of benzene rings is 1. The average molecular weight is 424 g/mol. The van der Waals surface area contributed by atoms with Crippen LogP contribution in [0.2, 0.25) is 0 Å². The van der Waals surface area contributed by atoms with Crippen molar-refractivity contribution >= 4 is 18.2 Å². The Morgan fingerprint density at radius 3 is 2.37 bits per heavy atom. The van der Waals surface area contributed by atoms with Gasteiger partial charge in [-0.2, -0.15) is 0 Å². The Morgan fingerprint density at radius 1 is 1.03 bits per heavy atom. The molecule has 1 atom stereocenters. The molecular formula is C21H32N2O7. The highest BCUT2D eigenvalue weighted by Gasteiger charge is 2.24. The van der Waals surface area contributed by atoms with E-state index >= 15 is 0 Å². The van der Waals surface area contributed by atoms with Gasteiger partial charge in [0.25, 0.3) is 0 Å². The molecule has 2 N–H and O–H groups in total. The van der Waals surface area contributed by atoms with E-state index in [1.807, 2.05) is 30.3 Å². The summed E-state index contributed by atoms with van der Waals surface area (Å²) in [6.45, 7) is 6.40. The maximum absolute atomic E-state index is 11.8. The van der Waals surface area contributed by atoms with Gasteiger partial charge in [0.1, 0.15) is 18.2 Å². The molecule has 9 nitrogen and oxygen atoms in total. The molecule has 0 aromatic heterocycles. The van der Waals surface area contributed by atoms with Crippen molar-refractivity contribution in [2.75, 3.05) is 26.9 Å². The van der Waals surface area contributed by atoms with Crippen molar-refractivity contribution in [1.29, 1.82) is 0 Å². The van der Waals surface area contributed by atoms with Crippen LogP contribution in [0.5, 0.6) is 0 Å². The summed E-state index contributed by atoms with van der Waals surface area (Å²) in [5, 5.41) is 5.12. The molecular weight excluding hydrogens is 392 g/mol. The summed E-state index contributed by atoms with van der Waals surface area (Å²) in [5.41, 5.74) is 0.243. The average Bonchev–Trinajstić information content (AvgIpc) is 2.69. The smallest absolute Gasteiger partial charge is 0.408 e. The van der Waals surface area contributed by atoms with Crippen LogP contribution in [-0.2, 0) is 30.3 Å². The van der Waals surface area contributed by atoms with Crippen LogP contribution < -0.4 is 10.6 Å². The minimum absolute atomic E-state index is 0.211. The van der Waals surface area contributed by atoms with Gasteiger partial charge in [0.05, 0.1) is 7.11 Å². The molecule has 30 heavy (non-hydrogen) atoms. The molecule has 0 spiro atoms. The third kappa shape index (κ3) is 11.9. The summed E-state index contributed by atoms with van der Waals surface area (Å²) >= 11 is 0. The molecule has 168 valence electrons. The lowest BCUT2D eigenvalue weighted by molar-refractivity contribution is -0.143. The molecule has 9 heteroatoms. The quantitative estimate of drug-likeness (QED) is 0.319. The summed E-state index contributed by atoms with van der Waals surface area (Å²) in [6, 6.07) is 8.53. The van der Waals surface area contributed by atoms with Gasteiger partial charge in [-0.1, -0.05) is 30.3 Å². The van der Waals surface area contributed by atoms with Crippen LogP contribution >= 0.6 is 0 Å². The zero-order valence-corrected chi connectivity index (χ0v) is 18.1. The molecule has 0 radical (unpaired) electrons. The van der Waals surface area contributed by atoms with Crippen LogP contribution in [0.25, 0.3) is 0 Å². The Kier molecular flexibility index (Phi) is 11.3. The predicted molar refractivity (Wildman–Crippen MR) is 110 cm³/mol. The highest BCUT2D eigenvalue weighted by Crippen LogP contribution is 2.08. The maximum atomic E-state index is 11.8. The number of carbonyl (C=O) groups is 3. The summed E-state index contributed by atoms with van der Waals surface area (Å²) < 4.78 is 20.4. The van der Waals surface area contributed by atoms with Crippen LogP contribution in [0.15, 0.2) is 30.3 Å². The zero-order valence-electron chi connectivity index (χ0n) is 18.1. The van der Waals surface area contributed by atoms with E-state index in [9.17, 15) is 14.4 Å². The van der Waals surface area contributed by atoms with Gasteiger partial charge in [-0.05, 0) is 32.8 Å². The number of hydrogen-bond acceptors (Lipinski definition) is 7. The third-order valence-corrected chi connectivity index (χ3v) is 3.68. The van der Waals surface area contributed by atoms with Gasteiger partial charge < -0.3 is 29.6 Å². The first kappa shape index (κ1) is 25.2. The lowest BCUT2D eigenvalue weighted by Gasteiger charge is -2.22. The first-order chi connectivity index (χ1) is 14.2. The number of hydrogen-bond donors (Lipinski definition) is 2. The van der Waals surface area contributed by atoms with E-state index in [1.54, 1.807) is 20.8 Å². The highest BCUT2D eigenvalue weighted by atomic mass is 16.6. The van der Waals surface area contributed by atoms with E-state index < -0.39 is 29.8 Å². The molecule has 0 saturated heterocycles. The Morgan fingerprint density at radius 2 is 1.73 bits per heavy atom. The lowest BCUT2D eigenvalue weighted by Crippen LogP contribution is -2.44. The number of amides is 2. The van der Waals surface area contributed by atoms with Gasteiger partial charge >= 0.3 is 18.2 Å². The van der Waals surface area contributed by atoms with Crippen LogP contribution in [-0.4, -0.2) is 56.7 Å². The molecule has 1 aromatic rings. The standard InChI is InChI=1S/C21H32N2O7/c1-21(2,3)30-20(26)23-17(18(24)27-4)11-14-28-13-8-12-22-19(25)29-15-16-9-6-5-7-10-16/h5-7,9-10,17H,8,11-15H2,1-4H3,(H,22,25)(H,23,26)/t17-/m0/s1. The van der Waals surface area contributed by atoms with E-state index in [0.29, 0.717) is 19.6 Å². The molecule has 2 amide bonds. The number of rotatable bonds is 11. The van der Waals surface area contributed by atoms with Gasteiger partial charge in [0.2, 0.25) is 0 Å². The second kappa shape index (κ2) is 13.4. The molecule has 1 rings (SSSR count). The summed E-state index contributed by atoms with van der Waals surface area (Å²) in [4.78, 5) is 35.3. The molecule has 0 heterocycles. The van der Waals surface area contributed by atoms with E-state index in [0.717, 1.165) is 5.56 Å². The van der Waals surface area contributed by atoms with Gasteiger partial charge in [0.15, 0.2) is 0 Å². The molecule has 0 bridgehead atoms. The molecule has 0 fully saturated rings. The normalized spacial score (nSPS) is 11.9. The Hall–Kier alpha value is -2.81. The number of esters is 1. The Bertz CT molecular complexity index is 659. The number of methoxy groups -OCH3 is 1. The van der Waals surface area contributed by atoms with Crippen LogP contribution in [0.1, 0.15) is 39.2 Å². The second-order valence-electron chi connectivity index (χ2n) is 7.47. The maximum Gasteiger partial charge on any atom is 0.408 e. The second-order valence-corrected chi connectivity index (χ2v) is 7.47. The SMILES string of the molecule is COC(=O)[C@H](CCOCCCNC(=O)OCc1ccccc1)NC(=O)OC(C)(C)C. The Labute approximate surface area is 177 Å². The number of ether oxygens (including phenoxy) is 4. The summed E-state index contributed by atoms with van der Waals surface area (Å²) in [5.74, 6) is -0.577. The molecule has 1 aromatic carbocycles. The largest absolute Gasteiger partial charge is 0.467 e. The third-order valence-electron chi connectivity index (χ3n) is 3.68. The summed E-state index contributed by atoms with van der Waals surface area (Å²) in [6.07, 6.45) is -0.385. The number of nitrogens with one attached hydrogen (secondary N) is 2. The van der Waals surface area contributed by atoms with Gasteiger partial charge in [-0.25, -0.2) is 14.4 Å². The number of carbonyl (C=O) groups excluding carboxylic acids is 3. The molecule has 0 aliphatic rings. The van der Waals surface area contributed by atoms with Crippen molar-refractivity contribution in [3.05, 3.63) is 35.9 Å². The van der Waals surface area contributed by atoms with Crippen molar-refractivity contribution < 1.29 is 33.3 Å². The monoisotopic (exact) mass is 424 g/mol. The van der Waals surface area contributed by atoms with Crippen molar-refractivity contribution in [3.63, 3.8) is 0 Å². The topological polar surface area (TPSA) is 112 Å². The van der Waals surface area contributed by atoms with E-state index in [4.69, 9.17) is 18.9 Å². The number of alkyl carbamates (subject to hydrolysis) is 2. The fourth-order valence-electron chi connectivity index (χ4n) is 2.28. The minimum atomic E-state index is -0.865. The van der Waals surface area contributed by atoms with Crippen molar-refractivity contribution in [2.45, 2.75) is 51.9 Å². The highest BCUT2D eigenvalue weighted by molar-refractivity contribution is 5.81. The molecule has 0 saturated carbocycles. The Balaban J connectivity index is 2.16. The zero-order chi connectivity index (χ0) is 22.4. The molecule has 0 aliphatic carbocycles. The first-order valence-electron chi connectivity index (χ1n) is 9.81. The first-order valence-corrected chi connectivity index (χ1v) is 9.81. The fourth-order valence-corrected chi connectivity index (χ4v) is 2.28. The van der Waals surface area contributed by atoms with Crippen LogP contribution in [0.3, 0.4) is 0 Å². The van der Waals surface area contributed by atoms with E-state index in [2.05, 4.69) is 10.6 Å².